The molecule has 0 radical (unpaired) electrons. The molecule has 110 valence electrons. The van der Waals surface area contributed by atoms with Crippen molar-refractivity contribution in [2.75, 3.05) is 6.61 Å². The van der Waals surface area contributed by atoms with Gasteiger partial charge in [-0.3, -0.25) is 4.98 Å². The molecule has 1 atom stereocenters. The van der Waals surface area contributed by atoms with Crippen LogP contribution >= 0.6 is 0 Å². The van der Waals surface area contributed by atoms with Gasteiger partial charge in [0.05, 0.1) is 5.60 Å². The number of aromatic nitrogens is 1. The fraction of sp³-hybridized carbons (Fsp3) is 0.706. The molecule has 3 heteroatoms. The van der Waals surface area contributed by atoms with Crippen LogP contribution in [0.3, 0.4) is 0 Å². The lowest BCUT2D eigenvalue weighted by molar-refractivity contribution is -0.109. The normalized spacial score (nSPS) is 25.8. The fourth-order valence-corrected chi connectivity index (χ4v) is 3.68. The highest BCUT2D eigenvalue weighted by molar-refractivity contribution is 5.21. The fourth-order valence-electron chi connectivity index (χ4n) is 3.68. The predicted octanol–water partition coefficient (Wildman–Crippen LogP) is 3.36. The second-order valence-corrected chi connectivity index (χ2v) is 6.46. The smallest absolute Gasteiger partial charge is 0.0697 e. The van der Waals surface area contributed by atoms with Crippen LogP contribution in [0.1, 0.15) is 56.1 Å². The number of nitrogens with zero attached hydrogens (tertiary/aromatic N) is 1. The van der Waals surface area contributed by atoms with E-state index < -0.39 is 0 Å². The molecule has 1 aliphatic heterocycles. The molecule has 0 amide bonds. The maximum atomic E-state index is 6.16. The molecule has 2 aliphatic rings. The van der Waals surface area contributed by atoms with Crippen LogP contribution < -0.4 is 5.32 Å². The monoisotopic (exact) mass is 274 g/mol. The zero-order valence-corrected chi connectivity index (χ0v) is 12.5. The Kier molecular flexibility index (Phi) is 4.37. The number of hydrogen-bond acceptors (Lipinski definition) is 3. The Morgan fingerprint density at radius 1 is 1.35 bits per heavy atom. The Morgan fingerprint density at radius 3 is 3.00 bits per heavy atom. The van der Waals surface area contributed by atoms with Crippen molar-refractivity contribution in [1.82, 2.24) is 10.3 Å². The molecule has 20 heavy (non-hydrogen) atoms. The van der Waals surface area contributed by atoms with Crippen LogP contribution in [0.5, 0.6) is 0 Å². The number of ether oxygens (including phenoxy) is 1. The van der Waals surface area contributed by atoms with Gasteiger partial charge in [0.15, 0.2) is 0 Å². The maximum Gasteiger partial charge on any atom is 0.0697 e. The first-order valence-electron chi connectivity index (χ1n) is 8.04. The van der Waals surface area contributed by atoms with Crippen LogP contribution in [0.2, 0.25) is 0 Å². The van der Waals surface area contributed by atoms with Crippen LogP contribution in [0.15, 0.2) is 18.5 Å². The SMILES string of the molecule is Cc1ccncc1CNC1CCOC2(CCCCC2)C1. The third-order valence-corrected chi connectivity index (χ3v) is 4.99. The molecular formula is C17H26N2O. The average Bonchev–Trinajstić information content (AvgIpc) is 2.47. The molecule has 0 aromatic carbocycles. The van der Waals surface area contributed by atoms with Crippen LogP contribution in [-0.4, -0.2) is 23.2 Å². The highest BCUT2D eigenvalue weighted by atomic mass is 16.5. The number of hydrogen-bond donors (Lipinski definition) is 1. The molecular weight excluding hydrogens is 248 g/mol. The largest absolute Gasteiger partial charge is 0.375 e. The van der Waals surface area contributed by atoms with Crippen LogP contribution in [0.25, 0.3) is 0 Å². The minimum Gasteiger partial charge on any atom is -0.375 e. The minimum atomic E-state index is 0.193. The summed E-state index contributed by atoms with van der Waals surface area (Å²) in [4.78, 5) is 4.23. The van der Waals surface area contributed by atoms with E-state index in [1.54, 1.807) is 0 Å². The Bertz CT molecular complexity index is 435. The lowest BCUT2D eigenvalue weighted by atomic mass is 9.78. The Hall–Kier alpha value is -0.930. The zero-order valence-electron chi connectivity index (χ0n) is 12.5. The number of aryl methyl sites for hydroxylation is 1. The Morgan fingerprint density at radius 2 is 2.20 bits per heavy atom. The lowest BCUT2D eigenvalue weighted by Gasteiger charge is -2.43. The van der Waals surface area contributed by atoms with Gasteiger partial charge in [-0.2, -0.15) is 0 Å². The molecule has 1 aromatic rings. The van der Waals surface area contributed by atoms with Crippen molar-refractivity contribution < 1.29 is 4.74 Å². The molecule has 0 bridgehead atoms. The lowest BCUT2D eigenvalue weighted by Crippen LogP contribution is -2.47. The Balaban J connectivity index is 1.56. The summed E-state index contributed by atoms with van der Waals surface area (Å²) in [5.74, 6) is 0. The summed E-state index contributed by atoms with van der Waals surface area (Å²) in [5.41, 5.74) is 2.83. The summed E-state index contributed by atoms with van der Waals surface area (Å²) >= 11 is 0. The summed E-state index contributed by atoms with van der Waals surface area (Å²) in [6.07, 6.45) is 12.8. The van der Waals surface area contributed by atoms with Crippen molar-refractivity contribution in [3.8, 4) is 0 Å². The van der Waals surface area contributed by atoms with Crippen molar-refractivity contribution in [3.63, 3.8) is 0 Å². The van der Waals surface area contributed by atoms with Crippen molar-refractivity contribution in [1.29, 1.82) is 0 Å². The molecule has 1 aliphatic carbocycles. The van der Waals surface area contributed by atoms with Gasteiger partial charge in [-0.05, 0) is 49.8 Å². The van der Waals surface area contributed by atoms with Crippen molar-refractivity contribution >= 4 is 0 Å². The van der Waals surface area contributed by atoms with Gasteiger partial charge in [0, 0.05) is 31.6 Å². The van der Waals surface area contributed by atoms with Gasteiger partial charge in [-0.15, -0.1) is 0 Å². The Labute approximate surface area is 122 Å². The molecule has 3 rings (SSSR count). The summed E-state index contributed by atoms with van der Waals surface area (Å²) in [6, 6.07) is 2.69. The molecule has 2 heterocycles. The van der Waals surface area contributed by atoms with Crippen LogP contribution in [-0.2, 0) is 11.3 Å². The van der Waals surface area contributed by atoms with E-state index in [1.165, 1.54) is 49.7 Å². The van der Waals surface area contributed by atoms with E-state index in [0.717, 1.165) is 19.6 Å². The summed E-state index contributed by atoms with van der Waals surface area (Å²) in [7, 11) is 0. The predicted molar refractivity (Wildman–Crippen MR) is 80.6 cm³/mol. The standard InChI is InChI=1S/C17H26N2O/c1-14-5-9-18-12-15(14)13-19-16-6-10-20-17(11-16)7-3-2-4-8-17/h5,9,12,16,19H,2-4,6-8,10-11,13H2,1H3. The van der Waals surface area contributed by atoms with Crippen LogP contribution in [0.4, 0.5) is 0 Å². The van der Waals surface area contributed by atoms with Crippen molar-refractivity contribution in [2.24, 2.45) is 0 Å². The van der Waals surface area contributed by atoms with Crippen LogP contribution in [0, 0.1) is 6.92 Å². The zero-order chi connectivity index (χ0) is 13.8. The molecule has 1 saturated carbocycles. The topological polar surface area (TPSA) is 34.2 Å². The summed E-state index contributed by atoms with van der Waals surface area (Å²) in [6.45, 7) is 4.01. The van der Waals surface area contributed by atoms with Gasteiger partial charge in [0.2, 0.25) is 0 Å². The molecule has 1 N–H and O–H groups in total. The van der Waals surface area contributed by atoms with Gasteiger partial charge in [-0.1, -0.05) is 19.3 Å². The molecule has 2 fully saturated rings. The van der Waals surface area contributed by atoms with Gasteiger partial charge >= 0.3 is 0 Å². The van der Waals surface area contributed by atoms with E-state index in [1.807, 2.05) is 12.4 Å². The van der Waals surface area contributed by atoms with E-state index in [2.05, 4.69) is 23.3 Å². The number of nitrogens with one attached hydrogen (secondary N) is 1. The minimum absolute atomic E-state index is 0.193. The average molecular weight is 274 g/mol. The van der Waals surface area contributed by atoms with Gasteiger partial charge < -0.3 is 10.1 Å². The number of pyridine rings is 1. The second kappa shape index (κ2) is 6.23. The summed E-state index contributed by atoms with van der Waals surface area (Å²) in [5, 5.41) is 3.73. The van der Waals surface area contributed by atoms with Gasteiger partial charge in [-0.25, -0.2) is 0 Å². The van der Waals surface area contributed by atoms with Crippen molar-refractivity contribution in [2.45, 2.75) is 70.1 Å². The van der Waals surface area contributed by atoms with E-state index >= 15 is 0 Å². The van der Waals surface area contributed by atoms with E-state index in [-0.39, 0.29) is 5.60 Å². The van der Waals surface area contributed by atoms with Crippen molar-refractivity contribution in [3.05, 3.63) is 29.6 Å². The van der Waals surface area contributed by atoms with Gasteiger partial charge in [0.25, 0.3) is 0 Å². The maximum absolute atomic E-state index is 6.16. The number of rotatable bonds is 3. The molecule has 3 nitrogen and oxygen atoms in total. The molecule has 1 unspecified atom stereocenters. The highest BCUT2D eigenvalue weighted by Crippen LogP contribution is 2.38. The first-order chi connectivity index (χ1) is 9.77. The molecule has 1 aromatic heterocycles. The summed E-state index contributed by atoms with van der Waals surface area (Å²) < 4.78 is 6.16. The first kappa shape index (κ1) is 14.0. The van der Waals surface area contributed by atoms with E-state index in [0.29, 0.717) is 6.04 Å². The quantitative estimate of drug-likeness (QED) is 0.917. The van der Waals surface area contributed by atoms with E-state index in [9.17, 15) is 0 Å². The third kappa shape index (κ3) is 3.21. The van der Waals surface area contributed by atoms with E-state index in [4.69, 9.17) is 4.74 Å². The first-order valence-corrected chi connectivity index (χ1v) is 8.04. The second-order valence-electron chi connectivity index (χ2n) is 6.46. The molecule has 1 spiro atoms. The highest BCUT2D eigenvalue weighted by Gasteiger charge is 2.38. The van der Waals surface area contributed by atoms with Gasteiger partial charge in [0.1, 0.15) is 0 Å². The third-order valence-electron chi connectivity index (χ3n) is 4.99. The molecule has 1 saturated heterocycles.